The summed E-state index contributed by atoms with van der Waals surface area (Å²) in [5.41, 5.74) is 5.02. The number of hydrogen-bond donors (Lipinski definition) is 2. The van der Waals surface area contributed by atoms with Gasteiger partial charge >= 0.3 is 0 Å². The first-order chi connectivity index (χ1) is 15.6. The summed E-state index contributed by atoms with van der Waals surface area (Å²) in [5.74, 6) is 2.20. The number of thiocarbonyl (C=S) groups is 1. The van der Waals surface area contributed by atoms with E-state index in [4.69, 9.17) is 21.7 Å². The van der Waals surface area contributed by atoms with Crippen molar-refractivity contribution >= 4 is 28.7 Å². The van der Waals surface area contributed by atoms with Gasteiger partial charge in [0.15, 0.2) is 5.11 Å². The van der Waals surface area contributed by atoms with Crippen molar-refractivity contribution in [2.45, 2.75) is 39.5 Å². The van der Waals surface area contributed by atoms with Gasteiger partial charge in [-0.2, -0.15) is 0 Å². The van der Waals surface area contributed by atoms with Gasteiger partial charge in [-0.15, -0.1) is 12.0 Å². The molecule has 33 heavy (non-hydrogen) atoms. The standard InChI is InChI=1S/C17H20N2O2S.C10H13.Zr/c1-3-20-15-9-5-13(6-10-15)18-17(22)19-14-7-11-16(12-8-14)21-4-2;1-8-6-7-9-4-2-3-5-10(8)9;/h5-12H,3-4H2,1-2H3,(H2,18,19,22);6-8H,1-5H2;/q;-1;. The summed E-state index contributed by atoms with van der Waals surface area (Å²) in [4.78, 5) is 0. The number of hydrogen-bond acceptors (Lipinski definition) is 3. The minimum absolute atomic E-state index is 0. The smallest absolute Gasteiger partial charge is 0.175 e. The molecule has 0 heterocycles. The van der Waals surface area contributed by atoms with Gasteiger partial charge in [-0.25, -0.2) is 0 Å². The summed E-state index contributed by atoms with van der Waals surface area (Å²) in [6.07, 6.45) is 9.87. The van der Waals surface area contributed by atoms with Crippen LogP contribution in [-0.4, -0.2) is 18.3 Å². The first kappa shape index (κ1) is 27.3. The zero-order chi connectivity index (χ0) is 22.8. The van der Waals surface area contributed by atoms with E-state index in [9.17, 15) is 0 Å². The molecule has 2 aliphatic carbocycles. The number of allylic oxidation sites excluding steroid dienone is 4. The Labute approximate surface area is 223 Å². The monoisotopic (exact) mass is 539 g/mol. The minimum atomic E-state index is 0. The van der Waals surface area contributed by atoms with Crippen LogP contribution in [0.15, 0.2) is 71.8 Å². The maximum atomic E-state index is 5.40. The van der Waals surface area contributed by atoms with Crippen LogP contribution < -0.4 is 20.1 Å². The topological polar surface area (TPSA) is 42.5 Å². The van der Waals surface area contributed by atoms with Crippen LogP contribution in [0.2, 0.25) is 0 Å². The van der Waals surface area contributed by atoms with Gasteiger partial charge < -0.3 is 27.0 Å². The molecule has 4 nitrogen and oxygen atoms in total. The van der Waals surface area contributed by atoms with Crippen molar-refractivity contribution in [1.29, 1.82) is 0 Å². The van der Waals surface area contributed by atoms with E-state index in [-0.39, 0.29) is 26.2 Å². The number of rotatable bonds is 6. The second kappa shape index (κ2) is 14.4. The molecule has 2 N–H and O–H groups in total. The molecule has 6 heteroatoms. The summed E-state index contributed by atoms with van der Waals surface area (Å²) >= 11 is 5.30. The molecule has 0 spiro atoms. The van der Waals surface area contributed by atoms with Crippen LogP contribution in [-0.2, 0) is 26.2 Å². The fourth-order valence-electron chi connectivity index (χ4n) is 3.81. The van der Waals surface area contributed by atoms with E-state index in [1.807, 2.05) is 62.4 Å². The van der Waals surface area contributed by atoms with Crippen LogP contribution in [0, 0.1) is 12.8 Å². The summed E-state index contributed by atoms with van der Waals surface area (Å²) in [6.45, 7) is 9.31. The second-order valence-corrected chi connectivity index (χ2v) is 8.13. The Bertz CT molecular complexity index is 886. The zero-order valence-electron chi connectivity index (χ0n) is 19.5. The number of benzene rings is 2. The Kier molecular flexibility index (Phi) is 11.9. The van der Waals surface area contributed by atoms with Gasteiger partial charge in [0.05, 0.1) is 13.2 Å². The van der Waals surface area contributed by atoms with Gasteiger partial charge in [-0.1, -0.05) is 17.2 Å². The van der Waals surface area contributed by atoms with Crippen LogP contribution in [0.4, 0.5) is 11.4 Å². The molecular formula is C27H33N2O2SZr-. The zero-order valence-corrected chi connectivity index (χ0v) is 22.8. The van der Waals surface area contributed by atoms with Gasteiger partial charge in [0.25, 0.3) is 0 Å². The molecule has 1 atom stereocenters. The average Bonchev–Trinajstić information content (AvgIpc) is 3.18. The Morgan fingerprint density at radius 1 is 0.879 bits per heavy atom. The van der Waals surface area contributed by atoms with Crippen molar-refractivity contribution in [2.75, 3.05) is 23.8 Å². The summed E-state index contributed by atoms with van der Waals surface area (Å²) in [6, 6.07) is 15.3. The molecule has 0 aromatic heterocycles. The van der Waals surface area contributed by atoms with Crippen LogP contribution in [0.3, 0.4) is 0 Å². The van der Waals surface area contributed by atoms with Gasteiger partial charge in [-0.3, -0.25) is 0 Å². The quantitative estimate of drug-likeness (QED) is 0.300. The predicted octanol–water partition coefficient (Wildman–Crippen LogP) is 7.17. The van der Waals surface area contributed by atoms with Crippen LogP contribution in [0.5, 0.6) is 11.5 Å². The van der Waals surface area contributed by atoms with Crippen molar-refractivity contribution in [3.05, 3.63) is 78.8 Å². The summed E-state index contributed by atoms with van der Waals surface area (Å²) < 4.78 is 10.8. The molecule has 2 aromatic rings. The molecule has 4 rings (SSSR count). The normalized spacial score (nSPS) is 16.0. The predicted molar refractivity (Wildman–Crippen MR) is 139 cm³/mol. The second-order valence-electron chi connectivity index (χ2n) is 7.72. The number of ether oxygens (including phenoxy) is 2. The third-order valence-electron chi connectivity index (χ3n) is 5.38. The Morgan fingerprint density at radius 2 is 1.36 bits per heavy atom. The molecule has 0 saturated heterocycles. The van der Waals surface area contributed by atoms with Gasteiger partial charge in [0.2, 0.25) is 0 Å². The van der Waals surface area contributed by atoms with Crippen molar-refractivity contribution in [2.24, 2.45) is 5.92 Å². The van der Waals surface area contributed by atoms with E-state index in [2.05, 4.69) is 29.7 Å². The molecule has 2 aliphatic rings. The third-order valence-corrected chi connectivity index (χ3v) is 5.58. The Hall–Kier alpha value is -1.91. The molecule has 1 unspecified atom stereocenters. The van der Waals surface area contributed by atoms with Crippen molar-refractivity contribution in [3.8, 4) is 11.5 Å². The maximum absolute atomic E-state index is 5.40. The van der Waals surface area contributed by atoms with Crippen molar-refractivity contribution < 1.29 is 35.7 Å². The average molecular weight is 541 g/mol. The minimum Gasteiger partial charge on any atom is -0.494 e. The van der Waals surface area contributed by atoms with Gasteiger partial charge in [0, 0.05) is 37.6 Å². The fourth-order valence-corrected chi connectivity index (χ4v) is 4.05. The molecule has 0 aliphatic heterocycles. The molecule has 0 saturated carbocycles. The number of nitrogens with one attached hydrogen (secondary N) is 2. The molecule has 174 valence electrons. The van der Waals surface area contributed by atoms with E-state index in [1.165, 1.54) is 25.7 Å². The maximum Gasteiger partial charge on any atom is 0.175 e. The Balaban J connectivity index is 0.000000291. The van der Waals surface area contributed by atoms with E-state index < -0.39 is 0 Å². The van der Waals surface area contributed by atoms with Crippen LogP contribution in [0.25, 0.3) is 0 Å². The van der Waals surface area contributed by atoms with E-state index >= 15 is 0 Å². The first-order valence-electron chi connectivity index (χ1n) is 11.4. The van der Waals surface area contributed by atoms with Crippen molar-refractivity contribution in [3.63, 3.8) is 0 Å². The van der Waals surface area contributed by atoms with Crippen LogP contribution >= 0.6 is 12.2 Å². The molecule has 0 bridgehead atoms. The number of anilines is 2. The molecule has 2 aromatic carbocycles. The van der Waals surface area contributed by atoms with Crippen LogP contribution in [0.1, 0.15) is 39.5 Å². The van der Waals surface area contributed by atoms with Gasteiger partial charge in [-0.05, 0) is 100 Å². The van der Waals surface area contributed by atoms with E-state index in [1.54, 1.807) is 11.1 Å². The largest absolute Gasteiger partial charge is 0.494 e. The fraction of sp³-hybridized carbons (Fsp3) is 0.333. The molecule has 0 radical (unpaired) electrons. The SMILES string of the molecule is CCOc1ccc(NC(=S)Nc2ccc(OCC)cc2)cc1.[CH2-]C1C=CC2=C1CCCC2.[Zr]. The van der Waals surface area contributed by atoms with E-state index in [0.29, 0.717) is 24.2 Å². The molecular weight excluding hydrogens is 508 g/mol. The first-order valence-corrected chi connectivity index (χ1v) is 11.8. The molecule has 0 fully saturated rings. The molecule has 0 amide bonds. The summed E-state index contributed by atoms with van der Waals surface area (Å²) in [5, 5.41) is 6.80. The van der Waals surface area contributed by atoms with E-state index in [0.717, 1.165) is 22.9 Å². The third kappa shape index (κ3) is 8.75. The summed E-state index contributed by atoms with van der Waals surface area (Å²) in [7, 11) is 0. The van der Waals surface area contributed by atoms with Crippen molar-refractivity contribution in [1.82, 2.24) is 0 Å². The Morgan fingerprint density at radius 3 is 1.82 bits per heavy atom. The van der Waals surface area contributed by atoms with Gasteiger partial charge in [0.1, 0.15) is 11.5 Å².